The summed E-state index contributed by atoms with van der Waals surface area (Å²) in [6.45, 7) is 4.22. The van der Waals surface area contributed by atoms with Gasteiger partial charge in [0.1, 0.15) is 11.9 Å². The van der Waals surface area contributed by atoms with Crippen molar-refractivity contribution in [3.8, 4) is 0 Å². The van der Waals surface area contributed by atoms with Crippen LogP contribution in [-0.4, -0.2) is 34.6 Å². The van der Waals surface area contributed by atoms with Crippen molar-refractivity contribution < 1.29 is 14.0 Å². The zero-order chi connectivity index (χ0) is 25.8. The molecule has 0 radical (unpaired) electrons. The second-order valence-corrected chi connectivity index (χ2v) is 10.1. The first-order chi connectivity index (χ1) is 17.5. The molecule has 36 heavy (non-hydrogen) atoms. The number of halogens is 1. The van der Waals surface area contributed by atoms with Crippen LogP contribution >= 0.6 is 11.8 Å². The van der Waals surface area contributed by atoms with Crippen molar-refractivity contribution in [2.75, 3.05) is 5.75 Å². The molecule has 3 aromatic carbocycles. The number of rotatable bonds is 13. The Morgan fingerprint density at radius 2 is 1.50 bits per heavy atom. The quantitative estimate of drug-likeness (QED) is 0.289. The molecule has 0 heterocycles. The Balaban J connectivity index is 1.80. The maximum atomic E-state index is 13.6. The summed E-state index contributed by atoms with van der Waals surface area (Å²) in [6, 6.07) is 25.4. The first kappa shape index (κ1) is 27.5. The first-order valence-corrected chi connectivity index (χ1v) is 13.6. The highest BCUT2D eigenvalue weighted by molar-refractivity contribution is 7.98. The number of benzene rings is 3. The van der Waals surface area contributed by atoms with Crippen LogP contribution < -0.4 is 5.32 Å². The van der Waals surface area contributed by atoms with Crippen LogP contribution in [0, 0.1) is 5.82 Å². The zero-order valence-electron chi connectivity index (χ0n) is 21.0. The molecule has 2 amide bonds. The third-order valence-corrected chi connectivity index (χ3v) is 7.14. The Kier molecular flexibility index (Phi) is 11.0. The van der Waals surface area contributed by atoms with Gasteiger partial charge in [-0.05, 0) is 42.2 Å². The molecule has 190 valence electrons. The molecule has 0 bridgehead atoms. The van der Waals surface area contributed by atoms with Gasteiger partial charge in [-0.1, -0.05) is 79.7 Å². The molecule has 0 aliphatic carbocycles. The van der Waals surface area contributed by atoms with Crippen LogP contribution in [0.15, 0.2) is 84.9 Å². The highest BCUT2D eigenvalue weighted by Gasteiger charge is 2.30. The van der Waals surface area contributed by atoms with Gasteiger partial charge in [0.2, 0.25) is 11.8 Å². The smallest absolute Gasteiger partial charge is 0.243 e. The van der Waals surface area contributed by atoms with Crippen LogP contribution in [0.2, 0.25) is 0 Å². The van der Waals surface area contributed by atoms with E-state index in [1.807, 2.05) is 62.4 Å². The van der Waals surface area contributed by atoms with Gasteiger partial charge in [0.15, 0.2) is 0 Å². The molecule has 0 spiro atoms. The summed E-state index contributed by atoms with van der Waals surface area (Å²) in [6.07, 6.45) is 1.53. The van der Waals surface area contributed by atoms with Gasteiger partial charge in [-0.2, -0.15) is 11.8 Å². The summed E-state index contributed by atoms with van der Waals surface area (Å²) in [7, 11) is 0. The van der Waals surface area contributed by atoms with Crippen molar-refractivity contribution in [3.05, 3.63) is 107 Å². The minimum Gasteiger partial charge on any atom is -0.352 e. The average Bonchev–Trinajstić information content (AvgIpc) is 2.90. The van der Waals surface area contributed by atoms with Crippen LogP contribution in [0.4, 0.5) is 4.39 Å². The third kappa shape index (κ3) is 8.83. The van der Waals surface area contributed by atoms with E-state index in [9.17, 15) is 14.0 Å². The highest BCUT2D eigenvalue weighted by atomic mass is 32.2. The first-order valence-electron chi connectivity index (χ1n) is 12.5. The SMILES string of the molecule is CC[C@H](C)NC(=O)[C@@H](Cc1ccccc1)N(Cc1ccc(F)cc1)C(=O)CCSCc1ccccc1. The summed E-state index contributed by atoms with van der Waals surface area (Å²) in [5.74, 6) is 0.900. The number of carbonyl (C=O) groups excluding carboxylic acids is 2. The minimum atomic E-state index is -0.668. The average molecular weight is 507 g/mol. The molecule has 0 aliphatic rings. The van der Waals surface area contributed by atoms with Crippen LogP contribution in [0.1, 0.15) is 43.4 Å². The van der Waals surface area contributed by atoms with Gasteiger partial charge in [-0.3, -0.25) is 9.59 Å². The molecule has 0 aromatic heterocycles. The summed E-state index contributed by atoms with van der Waals surface area (Å²) in [4.78, 5) is 28.7. The van der Waals surface area contributed by atoms with E-state index in [4.69, 9.17) is 0 Å². The van der Waals surface area contributed by atoms with Crippen molar-refractivity contribution in [2.24, 2.45) is 0 Å². The van der Waals surface area contributed by atoms with E-state index in [0.29, 0.717) is 18.6 Å². The normalized spacial score (nSPS) is 12.5. The number of nitrogens with one attached hydrogen (secondary N) is 1. The van der Waals surface area contributed by atoms with E-state index in [1.54, 1.807) is 28.8 Å². The molecule has 0 saturated carbocycles. The number of hydrogen-bond donors (Lipinski definition) is 1. The molecule has 0 unspecified atom stereocenters. The zero-order valence-corrected chi connectivity index (χ0v) is 21.8. The third-order valence-electron chi connectivity index (χ3n) is 6.11. The van der Waals surface area contributed by atoms with Crippen molar-refractivity contribution in [3.63, 3.8) is 0 Å². The molecule has 2 atom stereocenters. The van der Waals surface area contributed by atoms with Crippen LogP contribution in [0.5, 0.6) is 0 Å². The fourth-order valence-corrected chi connectivity index (χ4v) is 4.74. The fourth-order valence-electron chi connectivity index (χ4n) is 3.85. The van der Waals surface area contributed by atoms with Crippen molar-refractivity contribution in [1.82, 2.24) is 10.2 Å². The molecular weight excluding hydrogens is 471 g/mol. The standard InChI is InChI=1S/C30H35FN2O2S/c1-3-23(2)32-30(35)28(20-24-10-6-4-7-11-24)33(21-25-14-16-27(31)17-15-25)29(34)18-19-36-22-26-12-8-5-9-13-26/h4-17,23,28H,3,18-22H2,1-2H3,(H,32,35)/t23-,28+/m0/s1. The number of carbonyl (C=O) groups is 2. The molecular formula is C30H35FN2O2S. The van der Waals surface area contributed by atoms with Crippen molar-refractivity contribution >= 4 is 23.6 Å². The van der Waals surface area contributed by atoms with Gasteiger partial charge >= 0.3 is 0 Å². The number of thioether (sulfide) groups is 1. The van der Waals surface area contributed by atoms with Gasteiger partial charge in [-0.15, -0.1) is 0 Å². The van der Waals surface area contributed by atoms with Crippen LogP contribution in [-0.2, 0) is 28.3 Å². The maximum Gasteiger partial charge on any atom is 0.243 e. The summed E-state index contributed by atoms with van der Waals surface area (Å²) < 4.78 is 13.5. The molecule has 3 aromatic rings. The van der Waals surface area contributed by atoms with Crippen molar-refractivity contribution in [1.29, 1.82) is 0 Å². The second kappa shape index (κ2) is 14.4. The lowest BCUT2D eigenvalue weighted by Crippen LogP contribution is -2.52. The van der Waals surface area contributed by atoms with E-state index in [2.05, 4.69) is 17.4 Å². The summed E-state index contributed by atoms with van der Waals surface area (Å²) in [5.41, 5.74) is 2.99. The Hall–Kier alpha value is -3.12. The summed E-state index contributed by atoms with van der Waals surface area (Å²) in [5, 5.41) is 3.07. The highest BCUT2D eigenvalue weighted by Crippen LogP contribution is 2.19. The topological polar surface area (TPSA) is 49.4 Å². The lowest BCUT2D eigenvalue weighted by Gasteiger charge is -2.32. The lowest BCUT2D eigenvalue weighted by atomic mass is 10.0. The Morgan fingerprint density at radius 1 is 0.889 bits per heavy atom. The molecule has 1 N–H and O–H groups in total. The van der Waals surface area contributed by atoms with E-state index in [0.717, 1.165) is 23.3 Å². The van der Waals surface area contributed by atoms with Gasteiger partial charge in [0.25, 0.3) is 0 Å². The largest absolute Gasteiger partial charge is 0.352 e. The molecule has 0 fully saturated rings. The molecule has 0 aliphatic heterocycles. The van der Waals surface area contributed by atoms with E-state index in [1.165, 1.54) is 17.7 Å². The van der Waals surface area contributed by atoms with Crippen molar-refractivity contribution in [2.45, 2.75) is 57.5 Å². The Labute approximate surface area is 218 Å². The minimum absolute atomic E-state index is 0.0000236. The van der Waals surface area contributed by atoms with Gasteiger partial charge in [0, 0.05) is 36.9 Å². The summed E-state index contributed by atoms with van der Waals surface area (Å²) >= 11 is 1.70. The van der Waals surface area contributed by atoms with E-state index in [-0.39, 0.29) is 30.2 Å². The molecule has 0 saturated heterocycles. The van der Waals surface area contributed by atoms with Gasteiger partial charge in [-0.25, -0.2) is 4.39 Å². The van der Waals surface area contributed by atoms with E-state index < -0.39 is 6.04 Å². The monoisotopic (exact) mass is 506 g/mol. The fraction of sp³-hybridized carbons (Fsp3) is 0.333. The van der Waals surface area contributed by atoms with Crippen LogP contribution in [0.3, 0.4) is 0 Å². The maximum absolute atomic E-state index is 13.6. The Bertz CT molecular complexity index is 1080. The Morgan fingerprint density at radius 3 is 2.11 bits per heavy atom. The molecule has 3 rings (SSSR count). The number of hydrogen-bond acceptors (Lipinski definition) is 3. The van der Waals surface area contributed by atoms with Gasteiger partial charge in [0.05, 0.1) is 0 Å². The molecule has 6 heteroatoms. The van der Waals surface area contributed by atoms with Crippen LogP contribution in [0.25, 0.3) is 0 Å². The number of amides is 2. The predicted octanol–water partition coefficient (Wildman–Crippen LogP) is 6.00. The predicted molar refractivity (Wildman–Crippen MR) is 146 cm³/mol. The van der Waals surface area contributed by atoms with Gasteiger partial charge < -0.3 is 10.2 Å². The second-order valence-electron chi connectivity index (χ2n) is 8.96. The lowest BCUT2D eigenvalue weighted by molar-refractivity contribution is -0.141. The number of nitrogens with zero attached hydrogens (tertiary/aromatic N) is 1. The molecule has 4 nitrogen and oxygen atoms in total. The van der Waals surface area contributed by atoms with E-state index >= 15 is 0 Å².